The van der Waals surface area contributed by atoms with Crippen LogP contribution < -0.4 is 0 Å². The van der Waals surface area contributed by atoms with Crippen LogP contribution in [0, 0.1) is 29.2 Å². The fourth-order valence-corrected chi connectivity index (χ4v) is 3.36. The Labute approximate surface area is 115 Å². The lowest BCUT2D eigenvalue weighted by atomic mass is 9.75. The van der Waals surface area contributed by atoms with Gasteiger partial charge in [-0.2, -0.15) is 0 Å². The molecule has 1 saturated carbocycles. The van der Waals surface area contributed by atoms with E-state index in [0.717, 1.165) is 17.8 Å². The summed E-state index contributed by atoms with van der Waals surface area (Å²) in [5.74, 6) is 5.51. The second kappa shape index (κ2) is 6.77. The van der Waals surface area contributed by atoms with Gasteiger partial charge < -0.3 is 4.74 Å². The molecule has 0 heterocycles. The van der Waals surface area contributed by atoms with Crippen LogP contribution in [0.4, 0.5) is 0 Å². The number of ether oxygens (including phenoxy) is 1. The summed E-state index contributed by atoms with van der Waals surface area (Å²) in [4.78, 5) is 0. The second-order valence-corrected chi connectivity index (χ2v) is 12.0. The minimum atomic E-state index is -1.24. The highest BCUT2D eigenvalue weighted by atomic mass is 28.3. The zero-order valence-corrected chi connectivity index (χ0v) is 14.0. The summed E-state index contributed by atoms with van der Waals surface area (Å²) >= 11 is 0. The van der Waals surface area contributed by atoms with E-state index >= 15 is 0 Å². The molecule has 0 saturated heterocycles. The van der Waals surface area contributed by atoms with Crippen LogP contribution in [0.2, 0.25) is 19.6 Å². The van der Waals surface area contributed by atoms with Gasteiger partial charge in [-0.15, -0.1) is 5.54 Å². The molecule has 2 heteroatoms. The van der Waals surface area contributed by atoms with E-state index in [0.29, 0.717) is 12.7 Å². The topological polar surface area (TPSA) is 9.23 Å². The molecule has 1 aliphatic carbocycles. The highest BCUT2D eigenvalue weighted by Gasteiger charge is 2.31. The SMILES string of the molecule is CC(C)[C@@H]1CC[C@@H](C)C[C@H]1OCC#C[Si](C)(C)C. The van der Waals surface area contributed by atoms with E-state index in [9.17, 15) is 0 Å². The maximum Gasteiger partial charge on any atom is 0.129 e. The Kier molecular flexibility index (Phi) is 5.94. The largest absolute Gasteiger partial charge is 0.365 e. The van der Waals surface area contributed by atoms with Gasteiger partial charge in [0.15, 0.2) is 0 Å². The molecule has 0 amide bonds. The second-order valence-electron chi connectivity index (χ2n) is 7.23. The van der Waals surface area contributed by atoms with Crippen molar-refractivity contribution < 1.29 is 4.74 Å². The van der Waals surface area contributed by atoms with Crippen molar-refractivity contribution >= 4 is 8.07 Å². The molecular formula is C16H30OSi. The summed E-state index contributed by atoms with van der Waals surface area (Å²) in [7, 11) is -1.24. The van der Waals surface area contributed by atoms with Crippen molar-refractivity contribution in [3.63, 3.8) is 0 Å². The van der Waals surface area contributed by atoms with Crippen LogP contribution >= 0.6 is 0 Å². The minimum absolute atomic E-state index is 0.435. The first-order valence-electron chi connectivity index (χ1n) is 7.41. The quantitative estimate of drug-likeness (QED) is 0.545. The van der Waals surface area contributed by atoms with Crippen molar-refractivity contribution in [2.45, 2.75) is 65.8 Å². The molecule has 0 aromatic rings. The van der Waals surface area contributed by atoms with Crippen LogP contribution in [-0.4, -0.2) is 20.8 Å². The van der Waals surface area contributed by atoms with Gasteiger partial charge in [-0.05, 0) is 30.6 Å². The van der Waals surface area contributed by atoms with Crippen LogP contribution in [0.15, 0.2) is 0 Å². The Morgan fingerprint density at radius 2 is 1.89 bits per heavy atom. The Morgan fingerprint density at radius 1 is 1.22 bits per heavy atom. The Bertz CT molecular complexity index is 305. The number of rotatable bonds is 3. The molecule has 0 spiro atoms. The Hall–Kier alpha value is -0.263. The third-order valence-electron chi connectivity index (χ3n) is 3.79. The molecule has 0 aromatic heterocycles. The van der Waals surface area contributed by atoms with E-state index < -0.39 is 8.07 Å². The van der Waals surface area contributed by atoms with E-state index in [-0.39, 0.29) is 0 Å². The predicted octanol–water partition coefficient (Wildman–Crippen LogP) is 4.34. The third kappa shape index (κ3) is 5.59. The average molecular weight is 267 g/mol. The van der Waals surface area contributed by atoms with Crippen LogP contribution in [0.25, 0.3) is 0 Å². The molecule has 3 atom stereocenters. The Morgan fingerprint density at radius 3 is 2.44 bits per heavy atom. The fourth-order valence-electron chi connectivity index (χ4n) is 2.76. The molecule has 0 unspecified atom stereocenters. The van der Waals surface area contributed by atoms with Crippen molar-refractivity contribution in [2.75, 3.05) is 6.61 Å². The maximum atomic E-state index is 6.07. The summed E-state index contributed by atoms with van der Waals surface area (Å²) in [5.41, 5.74) is 3.38. The molecule has 0 aromatic carbocycles. The molecule has 0 N–H and O–H groups in total. The molecule has 0 bridgehead atoms. The van der Waals surface area contributed by atoms with Crippen LogP contribution in [0.3, 0.4) is 0 Å². The van der Waals surface area contributed by atoms with Crippen LogP contribution in [0.5, 0.6) is 0 Å². The molecule has 1 nitrogen and oxygen atoms in total. The molecule has 18 heavy (non-hydrogen) atoms. The average Bonchev–Trinajstić information content (AvgIpc) is 2.22. The van der Waals surface area contributed by atoms with Gasteiger partial charge in [0.05, 0.1) is 6.10 Å². The lowest BCUT2D eigenvalue weighted by Gasteiger charge is -2.36. The van der Waals surface area contributed by atoms with E-state index in [1.165, 1.54) is 19.3 Å². The van der Waals surface area contributed by atoms with Gasteiger partial charge >= 0.3 is 0 Å². The maximum absolute atomic E-state index is 6.07. The van der Waals surface area contributed by atoms with Crippen LogP contribution in [-0.2, 0) is 4.74 Å². The van der Waals surface area contributed by atoms with Crippen molar-refractivity contribution in [3.8, 4) is 11.5 Å². The normalized spacial score (nSPS) is 28.9. The fraction of sp³-hybridized carbons (Fsp3) is 0.875. The first kappa shape index (κ1) is 15.8. The highest BCUT2D eigenvalue weighted by molar-refractivity contribution is 6.83. The van der Waals surface area contributed by atoms with E-state index in [1.807, 2.05) is 0 Å². The van der Waals surface area contributed by atoms with Gasteiger partial charge in [-0.1, -0.05) is 52.8 Å². The van der Waals surface area contributed by atoms with Gasteiger partial charge in [-0.25, -0.2) is 0 Å². The summed E-state index contributed by atoms with van der Waals surface area (Å²) in [6.45, 7) is 14.5. The zero-order chi connectivity index (χ0) is 13.8. The standard InChI is InChI=1S/C16H30OSi/c1-13(2)15-9-8-14(3)12-16(15)17-10-7-11-18(4,5)6/h13-16H,8-10,12H2,1-6H3/t14-,15+,16-/m1/s1. The van der Waals surface area contributed by atoms with Crippen molar-refractivity contribution in [2.24, 2.45) is 17.8 Å². The molecule has 1 aliphatic rings. The molecular weight excluding hydrogens is 236 g/mol. The minimum Gasteiger partial charge on any atom is -0.365 e. The van der Waals surface area contributed by atoms with Gasteiger partial charge in [0.1, 0.15) is 14.7 Å². The molecule has 0 aliphatic heterocycles. The first-order valence-corrected chi connectivity index (χ1v) is 10.9. The molecule has 1 rings (SSSR count). The number of hydrogen-bond acceptors (Lipinski definition) is 1. The van der Waals surface area contributed by atoms with Crippen molar-refractivity contribution in [1.82, 2.24) is 0 Å². The third-order valence-corrected chi connectivity index (χ3v) is 4.72. The Balaban J connectivity index is 2.48. The lowest BCUT2D eigenvalue weighted by Crippen LogP contribution is -2.34. The number of hydrogen-bond donors (Lipinski definition) is 0. The summed E-state index contributed by atoms with van der Waals surface area (Å²) in [6.07, 6.45) is 4.34. The van der Waals surface area contributed by atoms with E-state index in [2.05, 4.69) is 51.9 Å². The molecule has 104 valence electrons. The summed E-state index contributed by atoms with van der Waals surface area (Å²) < 4.78 is 6.07. The van der Waals surface area contributed by atoms with Gasteiger partial charge in [0.2, 0.25) is 0 Å². The van der Waals surface area contributed by atoms with E-state index in [4.69, 9.17) is 4.74 Å². The van der Waals surface area contributed by atoms with Gasteiger partial charge in [0, 0.05) is 0 Å². The lowest BCUT2D eigenvalue weighted by molar-refractivity contribution is -0.0241. The van der Waals surface area contributed by atoms with E-state index in [1.54, 1.807) is 0 Å². The van der Waals surface area contributed by atoms with Gasteiger partial charge in [0.25, 0.3) is 0 Å². The van der Waals surface area contributed by atoms with Crippen molar-refractivity contribution in [3.05, 3.63) is 0 Å². The molecule has 0 radical (unpaired) electrons. The van der Waals surface area contributed by atoms with Crippen molar-refractivity contribution in [1.29, 1.82) is 0 Å². The summed E-state index contributed by atoms with van der Waals surface area (Å²) in [6, 6.07) is 0. The highest BCUT2D eigenvalue weighted by Crippen LogP contribution is 2.35. The smallest absolute Gasteiger partial charge is 0.129 e. The molecule has 1 fully saturated rings. The monoisotopic (exact) mass is 266 g/mol. The zero-order valence-electron chi connectivity index (χ0n) is 13.0. The van der Waals surface area contributed by atoms with Gasteiger partial charge in [-0.3, -0.25) is 0 Å². The summed E-state index contributed by atoms with van der Waals surface area (Å²) in [5, 5.41) is 0. The van der Waals surface area contributed by atoms with Crippen LogP contribution in [0.1, 0.15) is 40.0 Å². The first-order chi connectivity index (χ1) is 8.29. The predicted molar refractivity (Wildman–Crippen MR) is 82.2 cm³/mol.